The van der Waals surface area contributed by atoms with Gasteiger partial charge in [0, 0.05) is 5.54 Å². The van der Waals surface area contributed by atoms with E-state index in [1.807, 2.05) is 30.3 Å². The van der Waals surface area contributed by atoms with E-state index in [9.17, 15) is 13.2 Å². The molecule has 0 saturated heterocycles. The number of sulfonamides is 1. The molecule has 0 aliphatic heterocycles. The van der Waals surface area contributed by atoms with Crippen molar-refractivity contribution in [2.24, 2.45) is 0 Å². The molecule has 5 nitrogen and oxygen atoms in total. The monoisotopic (exact) mass is 297 g/mol. The van der Waals surface area contributed by atoms with Crippen LogP contribution in [-0.4, -0.2) is 30.8 Å². The SMILES string of the molecule is O=C(O)CC1(NS(=O)(=O)CCc2ccccc2)CCC1. The van der Waals surface area contributed by atoms with Crippen LogP contribution in [0.25, 0.3) is 0 Å². The quantitative estimate of drug-likeness (QED) is 0.799. The molecular formula is C14H19NO4S. The highest BCUT2D eigenvalue weighted by molar-refractivity contribution is 7.89. The summed E-state index contributed by atoms with van der Waals surface area (Å²) in [6, 6.07) is 9.38. The van der Waals surface area contributed by atoms with Gasteiger partial charge in [-0.3, -0.25) is 4.79 Å². The third kappa shape index (κ3) is 4.05. The molecule has 2 N–H and O–H groups in total. The molecule has 0 spiro atoms. The maximum atomic E-state index is 12.1. The number of rotatable bonds is 7. The van der Waals surface area contributed by atoms with Gasteiger partial charge in [-0.15, -0.1) is 0 Å². The zero-order chi connectivity index (χ0) is 14.6. The first-order valence-corrected chi connectivity index (χ1v) is 8.33. The number of benzene rings is 1. The van der Waals surface area contributed by atoms with Crippen molar-refractivity contribution in [1.82, 2.24) is 4.72 Å². The molecule has 1 fully saturated rings. The van der Waals surface area contributed by atoms with Crippen LogP contribution in [0, 0.1) is 0 Å². The molecule has 0 bridgehead atoms. The number of aryl methyl sites for hydroxylation is 1. The Hall–Kier alpha value is -1.40. The van der Waals surface area contributed by atoms with Crippen molar-refractivity contribution in [3.05, 3.63) is 35.9 Å². The number of carbonyl (C=O) groups is 1. The molecule has 20 heavy (non-hydrogen) atoms. The van der Waals surface area contributed by atoms with E-state index in [1.54, 1.807) is 0 Å². The van der Waals surface area contributed by atoms with Gasteiger partial charge in [-0.2, -0.15) is 0 Å². The van der Waals surface area contributed by atoms with Crippen molar-refractivity contribution >= 4 is 16.0 Å². The first-order valence-electron chi connectivity index (χ1n) is 6.68. The highest BCUT2D eigenvalue weighted by Crippen LogP contribution is 2.35. The summed E-state index contributed by atoms with van der Waals surface area (Å²) in [5.41, 5.74) is 0.195. The van der Waals surface area contributed by atoms with Crippen LogP contribution in [0.4, 0.5) is 0 Å². The summed E-state index contributed by atoms with van der Waals surface area (Å²) in [5, 5.41) is 8.88. The minimum Gasteiger partial charge on any atom is -0.481 e. The van der Waals surface area contributed by atoms with E-state index in [0.29, 0.717) is 19.3 Å². The minimum atomic E-state index is -3.46. The van der Waals surface area contributed by atoms with E-state index < -0.39 is 21.5 Å². The van der Waals surface area contributed by atoms with Crippen LogP contribution in [0.15, 0.2) is 30.3 Å². The normalized spacial score (nSPS) is 17.4. The summed E-state index contributed by atoms with van der Waals surface area (Å²) in [5.74, 6) is -0.978. The Bertz CT molecular complexity index is 564. The van der Waals surface area contributed by atoms with Gasteiger partial charge in [-0.1, -0.05) is 30.3 Å². The number of nitrogens with one attached hydrogen (secondary N) is 1. The average molecular weight is 297 g/mol. The molecule has 6 heteroatoms. The molecule has 1 saturated carbocycles. The van der Waals surface area contributed by atoms with E-state index in [4.69, 9.17) is 5.11 Å². The molecule has 1 aromatic carbocycles. The highest BCUT2D eigenvalue weighted by Gasteiger charge is 2.41. The standard InChI is InChI=1S/C14H19NO4S/c16-13(17)11-14(8-4-9-14)15-20(18,19)10-7-12-5-2-1-3-6-12/h1-3,5-6,15H,4,7-11H2,(H,16,17). The predicted molar refractivity (Wildman–Crippen MR) is 75.9 cm³/mol. The highest BCUT2D eigenvalue weighted by atomic mass is 32.2. The largest absolute Gasteiger partial charge is 0.481 e. The minimum absolute atomic E-state index is 0.0155. The van der Waals surface area contributed by atoms with Crippen molar-refractivity contribution in [2.45, 2.75) is 37.6 Å². The van der Waals surface area contributed by atoms with Gasteiger partial charge in [-0.05, 0) is 31.2 Å². The Labute approximate surface area is 119 Å². The Kier molecular flexibility index (Phi) is 4.45. The van der Waals surface area contributed by atoms with E-state index in [2.05, 4.69) is 4.72 Å². The second-order valence-electron chi connectivity index (χ2n) is 5.36. The molecule has 1 aliphatic rings. The molecule has 0 amide bonds. The summed E-state index contributed by atoms with van der Waals surface area (Å²) in [4.78, 5) is 10.8. The van der Waals surface area contributed by atoms with E-state index >= 15 is 0 Å². The number of carboxylic acids is 1. The zero-order valence-corrected chi connectivity index (χ0v) is 12.0. The van der Waals surface area contributed by atoms with Crippen LogP contribution in [-0.2, 0) is 21.2 Å². The average Bonchev–Trinajstić information content (AvgIpc) is 2.34. The molecule has 0 atom stereocenters. The molecule has 1 aliphatic carbocycles. The topological polar surface area (TPSA) is 83.5 Å². The third-order valence-corrected chi connectivity index (χ3v) is 5.16. The van der Waals surface area contributed by atoms with Gasteiger partial charge in [0.2, 0.25) is 10.0 Å². The van der Waals surface area contributed by atoms with Crippen molar-refractivity contribution in [2.75, 3.05) is 5.75 Å². The lowest BCUT2D eigenvalue weighted by Crippen LogP contribution is -2.55. The summed E-state index contributed by atoms with van der Waals surface area (Å²) in [7, 11) is -3.46. The lowest BCUT2D eigenvalue weighted by Gasteiger charge is -2.41. The van der Waals surface area contributed by atoms with E-state index in [1.165, 1.54) is 0 Å². The second-order valence-corrected chi connectivity index (χ2v) is 7.20. The number of hydrogen-bond donors (Lipinski definition) is 2. The molecule has 2 rings (SSSR count). The summed E-state index contributed by atoms with van der Waals surface area (Å²) >= 11 is 0. The van der Waals surface area contributed by atoms with Crippen LogP contribution >= 0.6 is 0 Å². The smallest absolute Gasteiger partial charge is 0.305 e. The van der Waals surface area contributed by atoms with Gasteiger partial charge in [0.25, 0.3) is 0 Å². The summed E-state index contributed by atoms with van der Waals surface area (Å²) < 4.78 is 26.8. The number of hydrogen-bond acceptors (Lipinski definition) is 3. The first kappa shape index (κ1) is 15.0. The fraction of sp³-hybridized carbons (Fsp3) is 0.500. The van der Waals surface area contributed by atoms with Crippen LogP contribution in [0.3, 0.4) is 0 Å². The second kappa shape index (κ2) is 5.93. The van der Waals surface area contributed by atoms with Crippen LogP contribution in [0.2, 0.25) is 0 Å². The number of aliphatic carboxylic acids is 1. The fourth-order valence-corrected chi connectivity index (χ4v) is 4.03. The molecule has 0 aromatic heterocycles. The molecule has 110 valence electrons. The van der Waals surface area contributed by atoms with E-state index in [0.717, 1.165) is 12.0 Å². The lowest BCUT2D eigenvalue weighted by atomic mass is 9.75. The Morgan fingerprint density at radius 2 is 1.90 bits per heavy atom. The summed E-state index contributed by atoms with van der Waals surface area (Å²) in [6.07, 6.45) is 2.36. The lowest BCUT2D eigenvalue weighted by molar-refractivity contribution is -0.139. The number of carboxylic acid groups (broad SMARTS) is 1. The molecule has 0 radical (unpaired) electrons. The van der Waals surface area contributed by atoms with Crippen LogP contribution in [0.5, 0.6) is 0 Å². The van der Waals surface area contributed by atoms with Gasteiger partial charge < -0.3 is 5.11 Å². The Morgan fingerprint density at radius 1 is 1.25 bits per heavy atom. The summed E-state index contributed by atoms with van der Waals surface area (Å²) in [6.45, 7) is 0. The predicted octanol–water partition coefficient (Wildman–Crippen LogP) is 1.55. The van der Waals surface area contributed by atoms with Gasteiger partial charge in [0.1, 0.15) is 0 Å². The molecule has 0 unspecified atom stereocenters. The van der Waals surface area contributed by atoms with Gasteiger partial charge in [0.05, 0.1) is 12.2 Å². The van der Waals surface area contributed by atoms with Crippen molar-refractivity contribution < 1.29 is 18.3 Å². The van der Waals surface area contributed by atoms with Crippen LogP contribution in [0.1, 0.15) is 31.2 Å². The zero-order valence-electron chi connectivity index (χ0n) is 11.2. The molecular weight excluding hydrogens is 278 g/mol. The van der Waals surface area contributed by atoms with Crippen molar-refractivity contribution in [1.29, 1.82) is 0 Å². The van der Waals surface area contributed by atoms with E-state index in [-0.39, 0.29) is 12.2 Å². The maximum Gasteiger partial charge on any atom is 0.305 e. The third-order valence-electron chi connectivity index (χ3n) is 3.67. The van der Waals surface area contributed by atoms with Crippen molar-refractivity contribution in [3.8, 4) is 0 Å². The van der Waals surface area contributed by atoms with Gasteiger partial charge in [-0.25, -0.2) is 13.1 Å². The molecule has 1 aromatic rings. The van der Waals surface area contributed by atoms with Gasteiger partial charge in [0.15, 0.2) is 0 Å². The first-order chi connectivity index (χ1) is 9.41. The Morgan fingerprint density at radius 3 is 2.40 bits per heavy atom. The molecule has 0 heterocycles. The fourth-order valence-electron chi connectivity index (χ4n) is 2.49. The van der Waals surface area contributed by atoms with Crippen molar-refractivity contribution in [3.63, 3.8) is 0 Å². The maximum absolute atomic E-state index is 12.1. The van der Waals surface area contributed by atoms with Gasteiger partial charge >= 0.3 is 5.97 Å². The van der Waals surface area contributed by atoms with Crippen LogP contribution < -0.4 is 4.72 Å². The Balaban J connectivity index is 1.95.